The third kappa shape index (κ3) is 5.21. The van der Waals surface area contributed by atoms with Gasteiger partial charge in [-0.15, -0.1) is 0 Å². The number of pyridine rings is 1. The summed E-state index contributed by atoms with van der Waals surface area (Å²) >= 11 is 6.58. The number of hydrogen-bond acceptors (Lipinski definition) is 6. The molecule has 3 N–H and O–H groups in total. The van der Waals surface area contributed by atoms with E-state index in [1.807, 2.05) is 62.4 Å². The quantitative estimate of drug-likeness (QED) is 0.337. The van der Waals surface area contributed by atoms with E-state index in [0.717, 1.165) is 29.8 Å². The van der Waals surface area contributed by atoms with E-state index >= 15 is 0 Å². The molecule has 1 aliphatic heterocycles. The highest BCUT2D eigenvalue weighted by molar-refractivity contribution is 6.33. The first kappa shape index (κ1) is 24.2. The minimum absolute atomic E-state index is 0.0512. The summed E-state index contributed by atoms with van der Waals surface area (Å²) < 4.78 is 11.8. The Balaban J connectivity index is 1.34. The van der Waals surface area contributed by atoms with E-state index in [9.17, 15) is 4.79 Å². The van der Waals surface area contributed by atoms with Crippen LogP contribution in [0.2, 0.25) is 5.02 Å². The Hall–Kier alpha value is -3.46. The molecule has 3 heterocycles. The van der Waals surface area contributed by atoms with Gasteiger partial charge >= 0.3 is 6.01 Å². The van der Waals surface area contributed by atoms with Gasteiger partial charge in [-0.25, -0.2) is 4.98 Å². The topological polar surface area (TPSA) is 101 Å². The van der Waals surface area contributed by atoms with Gasteiger partial charge < -0.3 is 25.1 Å². The number of rotatable bonds is 6. The first-order valence-corrected chi connectivity index (χ1v) is 12.2. The highest BCUT2D eigenvalue weighted by Crippen LogP contribution is 2.32. The number of morpholine rings is 1. The number of aromatic amines is 1. The van der Waals surface area contributed by atoms with E-state index in [1.165, 1.54) is 6.92 Å². The standard InChI is InChI=1S/C27H28ClN5O3/c1-16(34)33-27(2,3)19-8-10-20(11-9-19)36-26-30-22-14-21(28)24(31-25(22)32-26)18-6-4-17(5-7-18)23-15-29-12-13-35-23/h4-11,14,23,29H,12-13,15H2,1-3H3,(H,33,34)(H,30,31,32). The van der Waals surface area contributed by atoms with Gasteiger partial charge in [0.05, 0.1) is 34.5 Å². The summed E-state index contributed by atoms with van der Waals surface area (Å²) in [5.74, 6) is 0.525. The number of fused-ring (bicyclic) bond motifs is 1. The lowest BCUT2D eigenvalue weighted by molar-refractivity contribution is -0.120. The minimum atomic E-state index is -0.487. The van der Waals surface area contributed by atoms with Crippen LogP contribution in [0.15, 0.2) is 54.6 Å². The molecule has 1 atom stereocenters. The summed E-state index contributed by atoms with van der Waals surface area (Å²) in [4.78, 5) is 23.8. The van der Waals surface area contributed by atoms with Gasteiger partial charge in [0.2, 0.25) is 5.91 Å². The summed E-state index contributed by atoms with van der Waals surface area (Å²) in [6.07, 6.45) is 0.0512. The fourth-order valence-electron chi connectivity index (χ4n) is 4.35. The van der Waals surface area contributed by atoms with E-state index < -0.39 is 5.54 Å². The first-order chi connectivity index (χ1) is 17.3. The molecule has 1 fully saturated rings. The second-order valence-electron chi connectivity index (χ2n) is 9.35. The largest absolute Gasteiger partial charge is 0.426 e. The zero-order chi connectivity index (χ0) is 25.3. The van der Waals surface area contributed by atoms with E-state index in [4.69, 9.17) is 21.1 Å². The van der Waals surface area contributed by atoms with Crippen molar-refractivity contribution in [3.05, 3.63) is 70.7 Å². The Bertz CT molecular complexity index is 1380. The van der Waals surface area contributed by atoms with E-state index in [0.29, 0.717) is 40.2 Å². The van der Waals surface area contributed by atoms with Gasteiger partial charge in [-0.3, -0.25) is 4.79 Å². The van der Waals surface area contributed by atoms with Crippen LogP contribution in [0.1, 0.15) is 38.0 Å². The van der Waals surface area contributed by atoms with Crippen LogP contribution in [0.25, 0.3) is 22.4 Å². The zero-order valence-corrected chi connectivity index (χ0v) is 21.1. The van der Waals surface area contributed by atoms with Crippen molar-refractivity contribution in [3.63, 3.8) is 0 Å². The maximum absolute atomic E-state index is 11.5. The maximum atomic E-state index is 11.5. The van der Waals surface area contributed by atoms with Gasteiger partial charge in [0.1, 0.15) is 5.75 Å². The summed E-state index contributed by atoms with van der Waals surface area (Å²) in [5.41, 5.74) is 4.34. The number of H-pyrrole nitrogens is 1. The second-order valence-corrected chi connectivity index (χ2v) is 9.76. The number of halogens is 1. The molecule has 0 radical (unpaired) electrons. The molecule has 2 aromatic carbocycles. The number of imidazole rings is 1. The molecule has 0 bridgehead atoms. The van der Waals surface area contributed by atoms with E-state index in [1.54, 1.807) is 6.07 Å². The lowest BCUT2D eigenvalue weighted by Gasteiger charge is -2.26. The number of carbonyl (C=O) groups excluding carboxylic acids is 1. The van der Waals surface area contributed by atoms with Crippen LogP contribution in [-0.4, -0.2) is 40.6 Å². The highest BCUT2D eigenvalue weighted by atomic mass is 35.5. The number of aromatic nitrogens is 3. The molecule has 8 nitrogen and oxygen atoms in total. The molecule has 1 unspecified atom stereocenters. The van der Waals surface area contributed by atoms with Crippen molar-refractivity contribution < 1.29 is 14.3 Å². The molecule has 2 aromatic heterocycles. The molecule has 1 aliphatic rings. The van der Waals surface area contributed by atoms with Crippen LogP contribution in [0.3, 0.4) is 0 Å². The summed E-state index contributed by atoms with van der Waals surface area (Å²) in [6, 6.07) is 17.7. The van der Waals surface area contributed by atoms with Crippen molar-refractivity contribution in [2.24, 2.45) is 0 Å². The second kappa shape index (κ2) is 9.89. The van der Waals surface area contributed by atoms with Gasteiger partial charge in [0.15, 0.2) is 5.65 Å². The van der Waals surface area contributed by atoms with Crippen molar-refractivity contribution in [3.8, 4) is 23.0 Å². The number of ether oxygens (including phenoxy) is 2. The van der Waals surface area contributed by atoms with Gasteiger partial charge in [0, 0.05) is 25.6 Å². The lowest BCUT2D eigenvalue weighted by atomic mass is 9.94. The predicted octanol–water partition coefficient (Wildman–Crippen LogP) is 5.10. The normalized spacial score (nSPS) is 16.2. The fraction of sp³-hybridized carbons (Fsp3) is 0.296. The van der Waals surface area contributed by atoms with Crippen LogP contribution in [-0.2, 0) is 15.1 Å². The Labute approximate surface area is 214 Å². The van der Waals surface area contributed by atoms with E-state index in [-0.39, 0.29) is 12.0 Å². The van der Waals surface area contributed by atoms with Crippen LogP contribution in [0.5, 0.6) is 11.8 Å². The van der Waals surface area contributed by atoms with Gasteiger partial charge in [0.25, 0.3) is 0 Å². The Morgan fingerprint density at radius 1 is 1.14 bits per heavy atom. The number of hydrogen-bond donors (Lipinski definition) is 3. The predicted molar refractivity (Wildman–Crippen MR) is 139 cm³/mol. The highest BCUT2D eigenvalue weighted by Gasteiger charge is 2.21. The number of nitrogens with one attached hydrogen (secondary N) is 3. The summed E-state index contributed by atoms with van der Waals surface area (Å²) in [6.45, 7) is 7.79. The Kier molecular flexibility index (Phi) is 6.66. The molecule has 1 saturated heterocycles. The first-order valence-electron chi connectivity index (χ1n) is 11.8. The zero-order valence-electron chi connectivity index (χ0n) is 20.4. The number of benzene rings is 2. The molecule has 9 heteroatoms. The Morgan fingerprint density at radius 3 is 2.56 bits per heavy atom. The smallest absolute Gasteiger partial charge is 0.301 e. The molecule has 0 aliphatic carbocycles. The molecule has 186 valence electrons. The van der Waals surface area contributed by atoms with Crippen molar-refractivity contribution >= 4 is 28.7 Å². The third-order valence-corrected chi connectivity index (χ3v) is 6.46. The SMILES string of the molecule is CC(=O)NC(C)(C)c1ccc(Oc2nc3nc(-c4ccc(C5CNCCO5)cc4)c(Cl)cc3[nH]2)cc1. The van der Waals surface area contributed by atoms with E-state index in [2.05, 4.69) is 25.6 Å². The fourth-order valence-corrected chi connectivity index (χ4v) is 4.61. The van der Waals surface area contributed by atoms with Crippen molar-refractivity contribution in [1.29, 1.82) is 0 Å². The molecule has 0 saturated carbocycles. The number of carbonyl (C=O) groups is 1. The van der Waals surface area contributed by atoms with Gasteiger partial charge in [-0.2, -0.15) is 4.98 Å². The van der Waals surface area contributed by atoms with Crippen LogP contribution in [0, 0.1) is 0 Å². The lowest BCUT2D eigenvalue weighted by Crippen LogP contribution is -2.39. The molecular weight excluding hydrogens is 478 g/mol. The van der Waals surface area contributed by atoms with Crippen LogP contribution in [0.4, 0.5) is 0 Å². The van der Waals surface area contributed by atoms with Gasteiger partial charge in [-0.1, -0.05) is 48.0 Å². The summed E-state index contributed by atoms with van der Waals surface area (Å²) in [5, 5.41) is 6.80. The molecule has 1 amide bonds. The third-order valence-electron chi connectivity index (χ3n) is 6.17. The summed E-state index contributed by atoms with van der Waals surface area (Å²) in [7, 11) is 0. The molecule has 4 aromatic rings. The average molecular weight is 506 g/mol. The van der Waals surface area contributed by atoms with Crippen LogP contribution < -0.4 is 15.4 Å². The monoisotopic (exact) mass is 505 g/mol. The van der Waals surface area contributed by atoms with Crippen molar-refractivity contribution in [1.82, 2.24) is 25.6 Å². The van der Waals surface area contributed by atoms with Crippen LogP contribution >= 0.6 is 11.6 Å². The van der Waals surface area contributed by atoms with Crippen molar-refractivity contribution in [2.75, 3.05) is 19.7 Å². The van der Waals surface area contributed by atoms with Crippen molar-refractivity contribution in [2.45, 2.75) is 32.4 Å². The molecule has 5 rings (SSSR count). The molecular formula is C27H28ClN5O3. The Morgan fingerprint density at radius 2 is 1.89 bits per heavy atom. The number of amides is 1. The van der Waals surface area contributed by atoms with Gasteiger partial charge in [-0.05, 0) is 43.2 Å². The number of nitrogens with zero attached hydrogens (tertiary/aromatic N) is 2. The minimum Gasteiger partial charge on any atom is -0.426 e. The maximum Gasteiger partial charge on any atom is 0.301 e. The average Bonchev–Trinajstić information content (AvgIpc) is 3.24. The molecule has 0 spiro atoms. The molecule has 36 heavy (non-hydrogen) atoms.